The molecule has 1 aliphatic heterocycles. The van der Waals surface area contributed by atoms with E-state index in [4.69, 9.17) is 9.47 Å². The predicted octanol–water partition coefficient (Wildman–Crippen LogP) is 3.41. The summed E-state index contributed by atoms with van der Waals surface area (Å²) in [4.78, 5) is 50.5. The van der Waals surface area contributed by atoms with Gasteiger partial charge < -0.3 is 19.7 Å². The van der Waals surface area contributed by atoms with E-state index in [1.54, 1.807) is 29.2 Å². The first-order valence-electron chi connectivity index (χ1n) is 10.9. The molecule has 174 valence electrons. The molecule has 8 heteroatoms. The summed E-state index contributed by atoms with van der Waals surface area (Å²) in [6, 6.07) is 11.9. The fourth-order valence-corrected chi connectivity index (χ4v) is 3.55. The molecule has 0 spiro atoms. The normalized spacial score (nSPS) is 15.3. The highest BCUT2D eigenvalue weighted by Gasteiger charge is 2.37. The molecule has 3 rings (SSSR count). The topological polar surface area (TPSA) is 102 Å². The second-order valence-corrected chi connectivity index (χ2v) is 7.99. The van der Waals surface area contributed by atoms with Crippen LogP contribution in [-0.2, 0) is 23.9 Å². The summed E-state index contributed by atoms with van der Waals surface area (Å²) >= 11 is 0. The number of carbonyl (C=O) groups is 4. The molecule has 2 aromatic carbocycles. The van der Waals surface area contributed by atoms with Crippen LogP contribution in [0.1, 0.15) is 41.3 Å². The lowest BCUT2D eigenvalue weighted by molar-refractivity contribution is -0.151. The zero-order chi connectivity index (χ0) is 24.0. The van der Waals surface area contributed by atoms with Crippen LogP contribution in [0.3, 0.4) is 0 Å². The number of nitrogens with one attached hydrogen (secondary N) is 1. The van der Waals surface area contributed by atoms with E-state index in [0.29, 0.717) is 17.9 Å². The number of ether oxygens (including phenoxy) is 2. The van der Waals surface area contributed by atoms with E-state index in [1.807, 2.05) is 39.0 Å². The van der Waals surface area contributed by atoms with Crippen molar-refractivity contribution in [1.82, 2.24) is 0 Å². The number of nitrogens with zero attached hydrogens (tertiary/aromatic N) is 1. The van der Waals surface area contributed by atoms with Gasteiger partial charge in [0, 0.05) is 24.3 Å². The van der Waals surface area contributed by atoms with E-state index in [0.717, 1.165) is 23.2 Å². The highest BCUT2D eigenvalue weighted by molar-refractivity contribution is 6.00. The zero-order valence-corrected chi connectivity index (χ0v) is 19.1. The summed E-state index contributed by atoms with van der Waals surface area (Å²) in [5, 5.41) is 2.61. The Hall–Kier alpha value is -3.68. The first kappa shape index (κ1) is 24.0. The number of amides is 2. The Morgan fingerprint density at radius 2 is 1.79 bits per heavy atom. The molecule has 2 aromatic rings. The van der Waals surface area contributed by atoms with Crippen LogP contribution in [0.5, 0.6) is 0 Å². The van der Waals surface area contributed by atoms with Gasteiger partial charge >= 0.3 is 11.9 Å². The fourth-order valence-electron chi connectivity index (χ4n) is 3.55. The summed E-state index contributed by atoms with van der Waals surface area (Å²) in [5.74, 6) is -2.29. The van der Waals surface area contributed by atoms with Gasteiger partial charge in [0.2, 0.25) is 5.91 Å². The van der Waals surface area contributed by atoms with Gasteiger partial charge in [-0.25, -0.2) is 4.79 Å². The van der Waals surface area contributed by atoms with Crippen molar-refractivity contribution in [2.45, 2.75) is 33.6 Å². The molecule has 0 aliphatic carbocycles. The maximum absolute atomic E-state index is 12.5. The highest BCUT2D eigenvalue weighted by atomic mass is 16.5. The molecular formula is C25H28N2O6. The van der Waals surface area contributed by atoms with Gasteiger partial charge in [0.1, 0.15) is 0 Å². The van der Waals surface area contributed by atoms with Gasteiger partial charge in [0.25, 0.3) is 5.91 Å². The van der Waals surface area contributed by atoms with Crippen molar-refractivity contribution in [2.75, 3.05) is 30.0 Å². The Kier molecular flexibility index (Phi) is 7.82. The minimum atomic E-state index is -0.626. The van der Waals surface area contributed by atoms with Gasteiger partial charge in [-0.1, -0.05) is 19.1 Å². The molecule has 1 fully saturated rings. The van der Waals surface area contributed by atoms with Crippen LogP contribution in [-0.4, -0.2) is 43.5 Å². The SMILES string of the molecule is CCCOC(=O)c1ccc(NC(=O)COC(=O)[C@H]2CC(=O)N(c3cccc(C)c3C)C2)cc1. The second-order valence-electron chi connectivity index (χ2n) is 7.99. The van der Waals surface area contributed by atoms with Crippen LogP contribution >= 0.6 is 0 Å². The van der Waals surface area contributed by atoms with Gasteiger partial charge in [-0.3, -0.25) is 14.4 Å². The largest absolute Gasteiger partial charge is 0.462 e. The Balaban J connectivity index is 1.49. The first-order valence-corrected chi connectivity index (χ1v) is 10.9. The molecule has 1 saturated heterocycles. The summed E-state index contributed by atoms with van der Waals surface area (Å²) in [5.41, 5.74) is 3.68. The number of esters is 2. The minimum Gasteiger partial charge on any atom is -0.462 e. The molecule has 0 aromatic heterocycles. The third-order valence-corrected chi connectivity index (χ3v) is 5.51. The van der Waals surface area contributed by atoms with Crippen LogP contribution in [0.4, 0.5) is 11.4 Å². The first-order chi connectivity index (χ1) is 15.8. The van der Waals surface area contributed by atoms with Gasteiger partial charge in [0.15, 0.2) is 6.61 Å². The van der Waals surface area contributed by atoms with E-state index in [-0.39, 0.29) is 18.9 Å². The van der Waals surface area contributed by atoms with Crippen molar-refractivity contribution in [3.63, 3.8) is 0 Å². The number of hydrogen-bond acceptors (Lipinski definition) is 6. The van der Waals surface area contributed by atoms with Crippen LogP contribution in [0.25, 0.3) is 0 Å². The van der Waals surface area contributed by atoms with Crippen molar-refractivity contribution >= 4 is 35.1 Å². The number of rotatable bonds is 8. The smallest absolute Gasteiger partial charge is 0.338 e. The van der Waals surface area contributed by atoms with Gasteiger partial charge in [-0.2, -0.15) is 0 Å². The molecule has 33 heavy (non-hydrogen) atoms. The zero-order valence-electron chi connectivity index (χ0n) is 19.1. The third-order valence-electron chi connectivity index (χ3n) is 5.51. The molecule has 1 heterocycles. The van der Waals surface area contributed by atoms with Crippen molar-refractivity contribution in [1.29, 1.82) is 0 Å². The molecule has 0 bridgehead atoms. The Labute approximate surface area is 192 Å². The quantitative estimate of drug-likeness (QED) is 0.616. The summed E-state index contributed by atoms with van der Waals surface area (Å²) in [6.07, 6.45) is 0.778. The lowest BCUT2D eigenvalue weighted by Gasteiger charge is -2.20. The van der Waals surface area contributed by atoms with Crippen molar-refractivity contribution < 1.29 is 28.7 Å². The number of aryl methyl sites for hydroxylation is 1. The van der Waals surface area contributed by atoms with E-state index in [2.05, 4.69) is 5.32 Å². The van der Waals surface area contributed by atoms with Crippen molar-refractivity contribution in [3.05, 3.63) is 59.2 Å². The number of benzene rings is 2. The Morgan fingerprint density at radius 1 is 1.06 bits per heavy atom. The Bertz CT molecular complexity index is 1050. The maximum Gasteiger partial charge on any atom is 0.338 e. The molecule has 1 N–H and O–H groups in total. The molecule has 0 radical (unpaired) electrons. The molecule has 1 atom stereocenters. The number of anilines is 2. The predicted molar refractivity (Wildman–Crippen MR) is 123 cm³/mol. The van der Waals surface area contributed by atoms with E-state index in [9.17, 15) is 19.2 Å². The average Bonchev–Trinajstić information content (AvgIpc) is 3.19. The average molecular weight is 453 g/mol. The van der Waals surface area contributed by atoms with Gasteiger partial charge in [-0.15, -0.1) is 0 Å². The summed E-state index contributed by atoms with van der Waals surface area (Å²) in [7, 11) is 0. The molecule has 0 unspecified atom stereocenters. The molecule has 8 nitrogen and oxygen atoms in total. The lowest BCUT2D eigenvalue weighted by Crippen LogP contribution is -2.28. The second kappa shape index (κ2) is 10.8. The number of hydrogen-bond donors (Lipinski definition) is 1. The minimum absolute atomic E-state index is 0.0451. The standard InChI is InChI=1S/C25H28N2O6/c1-4-12-32-24(30)18-8-10-20(11-9-18)26-22(28)15-33-25(31)19-13-23(29)27(14-19)21-7-5-6-16(2)17(21)3/h5-11,19H,4,12-15H2,1-3H3,(H,26,28)/t19-/m0/s1. The third kappa shape index (κ3) is 5.97. The van der Waals surface area contributed by atoms with Gasteiger partial charge in [-0.05, 0) is 61.7 Å². The Morgan fingerprint density at radius 3 is 2.48 bits per heavy atom. The lowest BCUT2D eigenvalue weighted by atomic mass is 10.1. The van der Waals surface area contributed by atoms with E-state index in [1.165, 1.54) is 0 Å². The highest BCUT2D eigenvalue weighted by Crippen LogP contribution is 2.29. The number of carbonyl (C=O) groups excluding carboxylic acids is 4. The van der Waals surface area contributed by atoms with Crippen LogP contribution in [0, 0.1) is 19.8 Å². The maximum atomic E-state index is 12.5. The van der Waals surface area contributed by atoms with Gasteiger partial charge in [0.05, 0.1) is 18.1 Å². The monoisotopic (exact) mass is 452 g/mol. The van der Waals surface area contributed by atoms with Crippen LogP contribution in [0.2, 0.25) is 0 Å². The molecule has 1 aliphatic rings. The van der Waals surface area contributed by atoms with E-state index >= 15 is 0 Å². The van der Waals surface area contributed by atoms with Crippen molar-refractivity contribution in [3.8, 4) is 0 Å². The van der Waals surface area contributed by atoms with Crippen LogP contribution < -0.4 is 10.2 Å². The summed E-state index contributed by atoms with van der Waals surface area (Å²) < 4.78 is 10.2. The van der Waals surface area contributed by atoms with E-state index < -0.39 is 30.4 Å². The summed E-state index contributed by atoms with van der Waals surface area (Å²) in [6.45, 7) is 5.92. The van der Waals surface area contributed by atoms with Crippen LogP contribution in [0.15, 0.2) is 42.5 Å². The molecule has 2 amide bonds. The molecular weight excluding hydrogens is 424 g/mol. The van der Waals surface area contributed by atoms with Crippen molar-refractivity contribution in [2.24, 2.45) is 5.92 Å². The fraction of sp³-hybridized carbons (Fsp3) is 0.360. The molecule has 0 saturated carbocycles.